The molecule has 11 heavy (non-hydrogen) atoms. The van der Waals surface area contributed by atoms with Gasteiger partial charge in [-0.15, -0.1) is 0 Å². The molecule has 0 aromatic heterocycles. The highest BCUT2D eigenvalue weighted by atomic mass is 28.3. The molecule has 0 bridgehead atoms. The van der Waals surface area contributed by atoms with E-state index in [9.17, 15) is 4.79 Å². The Hall–Kier alpha value is -0.773. The molecule has 0 rings (SSSR count). The minimum Gasteiger partial charge on any atom is -0.446 e. The van der Waals surface area contributed by atoms with E-state index in [4.69, 9.17) is 4.74 Å². The van der Waals surface area contributed by atoms with E-state index in [0.29, 0.717) is 0 Å². The van der Waals surface area contributed by atoms with E-state index in [1.54, 1.807) is 6.08 Å². The van der Waals surface area contributed by atoms with Crippen LogP contribution in [0.2, 0.25) is 19.6 Å². The molecule has 0 aliphatic carbocycles. The van der Waals surface area contributed by atoms with Crippen molar-refractivity contribution in [3.63, 3.8) is 0 Å². The maximum atomic E-state index is 10.9. The molecule has 0 unspecified atom stereocenters. The third-order valence-electron chi connectivity index (χ3n) is 0.809. The third-order valence-corrected chi connectivity index (χ3v) is 1.76. The molecule has 0 aromatic rings. The Kier molecular flexibility index (Phi) is 3.88. The number of hydrogen-bond acceptors (Lipinski definition) is 2. The van der Waals surface area contributed by atoms with Crippen LogP contribution in [-0.2, 0) is 4.74 Å². The number of carbonyl (C=O) groups is 1. The van der Waals surface area contributed by atoms with E-state index in [-0.39, 0.29) is 12.7 Å². The Labute approximate surface area is 68.5 Å². The predicted molar refractivity (Wildman–Crippen MR) is 48.0 cm³/mol. The van der Waals surface area contributed by atoms with Gasteiger partial charge in [0.25, 0.3) is 0 Å². The Balaban J connectivity index is 3.61. The van der Waals surface area contributed by atoms with Gasteiger partial charge in [-0.05, 0) is 0 Å². The van der Waals surface area contributed by atoms with Crippen molar-refractivity contribution >= 4 is 14.3 Å². The molecule has 0 saturated carbocycles. The normalized spacial score (nSPS) is 10.5. The zero-order valence-electron chi connectivity index (χ0n) is 7.31. The van der Waals surface area contributed by atoms with Crippen LogP contribution in [0.3, 0.4) is 0 Å². The SMILES string of the molecule is C=CCOC(=O)N[Si](C)(C)C. The van der Waals surface area contributed by atoms with Gasteiger partial charge in [-0.25, -0.2) is 4.79 Å². The molecule has 0 aliphatic rings. The second-order valence-electron chi connectivity index (χ2n) is 3.26. The van der Waals surface area contributed by atoms with E-state index in [2.05, 4.69) is 11.6 Å². The van der Waals surface area contributed by atoms with Gasteiger partial charge < -0.3 is 9.72 Å². The Morgan fingerprint density at radius 2 is 2.18 bits per heavy atom. The number of nitrogens with one attached hydrogen (secondary N) is 1. The Morgan fingerprint density at radius 3 is 2.55 bits per heavy atom. The zero-order valence-corrected chi connectivity index (χ0v) is 8.31. The van der Waals surface area contributed by atoms with Gasteiger partial charge in [0.2, 0.25) is 0 Å². The number of amides is 1. The molecule has 0 heterocycles. The summed E-state index contributed by atoms with van der Waals surface area (Å²) in [5.74, 6) is 0. The molecule has 0 fully saturated rings. The van der Waals surface area contributed by atoms with Crippen molar-refractivity contribution in [2.45, 2.75) is 19.6 Å². The number of rotatable bonds is 3. The van der Waals surface area contributed by atoms with E-state index in [1.807, 2.05) is 19.6 Å². The number of ether oxygens (including phenoxy) is 1. The molecule has 0 radical (unpaired) electrons. The average molecular weight is 173 g/mol. The largest absolute Gasteiger partial charge is 0.446 e. The molecule has 0 aromatic carbocycles. The van der Waals surface area contributed by atoms with Crippen LogP contribution in [0.5, 0.6) is 0 Å². The maximum absolute atomic E-state index is 10.9. The van der Waals surface area contributed by atoms with Crippen LogP contribution in [-0.4, -0.2) is 20.9 Å². The molecular formula is C7H15NO2Si. The number of carbonyl (C=O) groups excluding carboxylic acids is 1. The molecule has 1 N–H and O–H groups in total. The first-order chi connectivity index (χ1) is 4.95. The molecule has 0 spiro atoms. The topological polar surface area (TPSA) is 38.3 Å². The smallest absolute Gasteiger partial charge is 0.399 e. The van der Waals surface area contributed by atoms with Crippen molar-refractivity contribution in [2.24, 2.45) is 0 Å². The number of hydrogen-bond donors (Lipinski definition) is 1. The minimum absolute atomic E-state index is 0.274. The van der Waals surface area contributed by atoms with Crippen molar-refractivity contribution in [3.8, 4) is 0 Å². The van der Waals surface area contributed by atoms with Gasteiger partial charge in [0.1, 0.15) is 6.61 Å². The molecule has 4 heteroatoms. The fourth-order valence-electron chi connectivity index (χ4n) is 0.477. The van der Waals surface area contributed by atoms with E-state index >= 15 is 0 Å². The second-order valence-corrected chi connectivity index (χ2v) is 8.01. The third kappa shape index (κ3) is 7.12. The molecule has 3 nitrogen and oxygen atoms in total. The lowest BCUT2D eigenvalue weighted by Crippen LogP contribution is -2.45. The standard InChI is InChI=1S/C7H15NO2Si/c1-5-6-10-7(9)8-11(2,3)4/h5H,1,6H2,2-4H3,(H,8,9). The summed E-state index contributed by atoms with van der Waals surface area (Å²) >= 11 is 0. The Bertz CT molecular complexity index is 151. The highest BCUT2D eigenvalue weighted by Gasteiger charge is 2.16. The fourth-order valence-corrected chi connectivity index (χ4v) is 1.16. The van der Waals surface area contributed by atoms with Gasteiger partial charge in [-0.2, -0.15) is 0 Å². The monoisotopic (exact) mass is 173 g/mol. The van der Waals surface area contributed by atoms with Crippen LogP contribution in [0.1, 0.15) is 0 Å². The van der Waals surface area contributed by atoms with Gasteiger partial charge in [-0.3, -0.25) is 0 Å². The van der Waals surface area contributed by atoms with Crippen LogP contribution in [0.15, 0.2) is 12.7 Å². The van der Waals surface area contributed by atoms with Crippen molar-refractivity contribution in [1.82, 2.24) is 4.98 Å². The molecule has 0 saturated heterocycles. The lowest BCUT2D eigenvalue weighted by Gasteiger charge is -2.16. The van der Waals surface area contributed by atoms with Gasteiger partial charge in [0.15, 0.2) is 8.24 Å². The summed E-state index contributed by atoms with van der Waals surface area (Å²) in [6, 6.07) is 0. The van der Waals surface area contributed by atoms with Crippen LogP contribution in [0.4, 0.5) is 4.79 Å². The van der Waals surface area contributed by atoms with Crippen molar-refractivity contribution < 1.29 is 9.53 Å². The zero-order chi connectivity index (χ0) is 8.91. The lowest BCUT2D eigenvalue weighted by molar-refractivity contribution is 0.164. The van der Waals surface area contributed by atoms with Crippen molar-refractivity contribution in [2.75, 3.05) is 6.61 Å². The van der Waals surface area contributed by atoms with Crippen LogP contribution < -0.4 is 4.98 Å². The Morgan fingerprint density at radius 1 is 1.64 bits per heavy atom. The minimum atomic E-state index is -1.53. The van der Waals surface area contributed by atoms with Crippen LogP contribution in [0.25, 0.3) is 0 Å². The van der Waals surface area contributed by atoms with Crippen LogP contribution >= 0.6 is 0 Å². The van der Waals surface area contributed by atoms with Gasteiger partial charge in [0.05, 0.1) is 0 Å². The maximum Gasteiger partial charge on any atom is 0.399 e. The summed E-state index contributed by atoms with van der Waals surface area (Å²) in [5.41, 5.74) is 0. The highest BCUT2D eigenvalue weighted by Crippen LogP contribution is 1.94. The first-order valence-corrected chi connectivity index (χ1v) is 7.01. The molecular weight excluding hydrogens is 158 g/mol. The van der Waals surface area contributed by atoms with Gasteiger partial charge in [-0.1, -0.05) is 32.3 Å². The van der Waals surface area contributed by atoms with Gasteiger partial charge >= 0.3 is 6.09 Å². The molecule has 0 atom stereocenters. The van der Waals surface area contributed by atoms with Crippen molar-refractivity contribution in [1.29, 1.82) is 0 Å². The fraction of sp³-hybridized carbons (Fsp3) is 0.571. The quantitative estimate of drug-likeness (QED) is 0.521. The molecule has 0 aliphatic heterocycles. The summed E-state index contributed by atoms with van der Waals surface area (Å²) in [6.07, 6.45) is 1.20. The van der Waals surface area contributed by atoms with Crippen molar-refractivity contribution in [3.05, 3.63) is 12.7 Å². The summed E-state index contributed by atoms with van der Waals surface area (Å²) in [7, 11) is -1.53. The first kappa shape index (κ1) is 10.2. The summed E-state index contributed by atoms with van der Waals surface area (Å²) < 4.78 is 4.73. The average Bonchev–Trinajstić information content (AvgIpc) is 1.79. The lowest BCUT2D eigenvalue weighted by atomic mass is 10.7. The summed E-state index contributed by atoms with van der Waals surface area (Å²) in [5, 5.41) is 0. The van der Waals surface area contributed by atoms with E-state index < -0.39 is 8.24 Å². The summed E-state index contributed by atoms with van der Waals surface area (Å²) in [4.78, 5) is 13.7. The highest BCUT2D eigenvalue weighted by molar-refractivity contribution is 6.75. The second kappa shape index (κ2) is 4.18. The van der Waals surface area contributed by atoms with Gasteiger partial charge in [0, 0.05) is 0 Å². The van der Waals surface area contributed by atoms with E-state index in [0.717, 1.165) is 0 Å². The van der Waals surface area contributed by atoms with E-state index in [1.165, 1.54) is 0 Å². The summed E-state index contributed by atoms with van der Waals surface area (Å²) in [6.45, 7) is 9.80. The van der Waals surface area contributed by atoms with Crippen LogP contribution in [0, 0.1) is 0 Å². The molecule has 1 amide bonds. The first-order valence-electron chi connectivity index (χ1n) is 3.51. The molecule has 64 valence electrons. The predicted octanol–water partition coefficient (Wildman–Crippen LogP) is 1.73.